The largest absolute Gasteiger partial charge is 0.430 e. The van der Waals surface area contributed by atoms with Crippen LogP contribution in [0.5, 0.6) is 0 Å². The molecule has 5 heteroatoms. The number of hydrogen-bond acceptors (Lipinski definition) is 4. The average molecular weight is 287 g/mol. The van der Waals surface area contributed by atoms with E-state index in [2.05, 4.69) is 5.32 Å². The van der Waals surface area contributed by atoms with Crippen molar-refractivity contribution in [3.8, 4) is 0 Å². The van der Waals surface area contributed by atoms with Crippen molar-refractivity contribution >= 4 is 29.0 Å². The van der Waals surface area contributed by atoms with Crippen molar-refractivity contribution in [2.45, 2.75) is 31.3 Å². The third-order valence-electron chi connectivity index (χ3n) is 4.16. The summed E-state index contributed by atoms with van der Waals surface area (Å²) in [7, 11) is 0. The van der Waals surface area contributed by atoms with Crippen molar-refractivity contribution in [1.82, 2.24) is 0 Å². The molecule has 1 unspecified atom stereocenters. The van der Waals surface area contributed by atoms with Crippen LogP contribution in [0.2, 0.25) is 0 Å². The predicted octanol–water partition coefficient (Wildman–Crippen LogP) is 2.99. The molecule has 0 bridgehead atoms. The van der Waals surface area contributed by atoms with Crippen molar-refractivity contribution in [3.05, 3.63) is 41.2 Å². The van der Waals surface area contributed by atoms with Gasteiger partial charge in [-0.1, -0.05) is 18.2 Å². The van der Waals surface area contributed by atoms with Crippen LogP contribution in [0.4, 0.5) is 5.69 Å². The van der Waals surface area contributed by atoms with Crippen LogP contribution in [-0.2, 0) is 19.9 Å². The standard InChI is InChI=1S/C15H13NO3S/c17-13-15(9-5-1-3-7-11(9)16-13)10-6-2-4-8-12(10)18-14(20)19-15/h1,3,5,7H,2,4,6,8H2,(H,16,17). The Morgan fingerprint density at radius 3 is 2.90 bits per heavy atom. The molecule has 4 rings (SSSR count). The normalized spacial score (nSPS) is 27.6. The Labute approximate surface area is 121 Å². The van der Waals surface area contributed by atoms with Crippen molar-refractivity contribution in [3.63, 3.8) is 0 Å². The number of hydrogen-bond donors (Lipinski definition) is 1. The smallest absolute Gasteiger partial charge is 0.359 e. The van der Waals surface area contributed by atoms with Gasteiger partial charge in [-0.05, 0) is 25.3 Å². The molecule has 1 aliphatic carbocycles. The van der Waals surface area contributed by atoms with E-state index in [1.165, 1.54) is 0 Å². The topological polar surface area (TPSA) is 47.6 Å². The molecule has 1 N–H and O–H groups in total. The number of carbonyl (C=O) groups excluding carboxylic acids is 1. The zero-order chi connectivity index (χ0) is 13.7. The third-order valence-corrected chi connectivity index (χ3v) is 4.33. The molecule has 0 fully saturated rings. The first kappa shape index (κ1) is 11.9. The summed E-state index contributed by atoms with van der Waals surface area (Å²) in [6, 6.07) is 7.60. The van der Waals surface area contributed by atoms with Crippen LogP contribution in [-0.4, -0.2) is 11.1 Å². The molecule has 0 saturated heterocycles. The third kappa shape index (κ3) is 1.41. The SMILES string of the molecule is O=C1Nc2ccccc2C12OC(=S)OC1=C2CCCC1. The highest BCUT2D eigenvalue weighted by Gasteiger charge is 2.56. The van der Waals surface area contributed by atoms with Crippen molar-refractivity contribution in [2.75, 3.05) is 5.32 Å². The molecular weight excluding hydrogens is 274 g/mol. The molecule has 4 nitrogen and oxygen atoms in total. The Morgan fingerprint density at radius 2 is 2.00 bits per heavy atom. The molecule has 1 atom stereocenters. The molecule has 0 aromatic heterocycles. The molecule has 1 aromatic rings. The maximum Gasteiger partial charge on any atom is 0.359 e. The molecule has 2 heterocycles. The fraction of sp³-hybridized carbons (Fsp3) is 0.333. The van der Waals surface area contributed by atoms with Crippen LogP contribution in [0.3, 0.4) is 0 Å². The van der Waals surface area contributed by atoms with Crippen molar-refractivity contribution < 1.29 is 14.3 Å². The number of carbonyl (C=O) groups is 1. The Bertz CT molecular complexity index is 667. The number of allylic oxidation sites excluding steroid dienone is 1. The summed E-state index contributed by atoms with van der Waals surface area (Å²) in [5, 5.41) is 2.94. The number of thiocarbonyl (C=S) groups is 1. The maximum atomic E-state index is 12.6. The summed E-state index contributed by atoms with van der Waals surface area (Å²) < 4.78 is 11.3. The zero-order valence-corrected chi connectivity index (χ0v) is 11.6. The first-order valence-electron chi connectivity index (χ1n) is 6.76. The second-order valence-corrected chi connectivity index (χ2v) is 5.58. The van der Waals surface area contributed by atoms with Gasteiger partial charge in [0.15, 0.2) is 0 Å². The van der Waals surface area contributed by atoms with E-state index >= 15 is 0 Å². The van der Waals surface area contributed by atoms with Crippen molar-refractivity contribution in [2.24, 2.45) is 0 Å². The number of rotatable bonds is 0. The van der Waals surface area contributed by atoms with Crippen LogP contribution in [0.25, 0.3) is 0 Å². The number of benzene rings is 1. The molecule has 1 spiro atoms. The highest BCUT2D eigenvalue weighted by Crippen LogP contribution is 2.50. The minimum atomic E-state index is -1.11. The predicted molar refractivity (Wildman–Crippen MR) is 77.0 cm³/mol. The average Bonchev–Trinajstić information content (AvgIpc) is 2.72. The van der Waals surface area contributed by atoms with Gasteiger partial charge in [-0.25, -0.2) is 0 Å². The summed E-state index contributed by atoms with van der Waals surface area (Å²) in [5.41, 5.74) is 1.45. The van der Waals surface area contributed by atoms with Gasteiger partial charge in [0.05, 0.1) is 0 Å². The lowest BCUT2D eigenvalue weighted by Gasteiger charge is -2.38. The van der Waals surface area contributed by atoms with Gasteiger partial charge >= 0.3 is 5.24 Å². The highest BCUT2D eigenvalue weighted by molar-refractivity contribution is 7.79. The number of anilines is 1. The van der Waals surface area contributed by atoms with E-state index in [1.54, 1.807) is 0 Å². The number of para-hydroxylation sites is 1. The van der Waals surface area contributed by atoms with Gasteiger partial charge in [0.1, 0.15) is 5.76 Å². The fourth-order valence-electron chi connectivity index (χ4n) is 3.30. The molecule has 0 radical (unpaired) electrons. The first-order chi connectivity index (χ1) is 9.72. The maximum absolute atomic E-state index is 12.6. The Balaban J connectivity index is 1.99. The number of fused-ring (bicyclic) bond motifs is 3. The van der Waals surface area contributed by atoms with Gasteiger partial charge in [0.25, 0.3) is 5.91 Å². The molecule has 2 aliphatic heterocycles. The lowest BCUT2D eigenvalue weighted by molar-refractivity contribution is -0.131. The van der Waals surface area contributed by atoms with E-state index in [0.29, 0.717) is 0 Å². The fourth-order valence-corrected chi connectivity index (χ4v) is 3.53. The lowest BCUT2D eigenvalue weighted by Crippen LogP contribution is -2.45. The summed E-state index contributed by atoms with van der Waals surface area (Å²) in [5.74, 6) is 0.651. The first-order valence-corrected chi connectivity index (χ1v) is 7.17. The van der Waals surface area contributed by atoms with Gasteiger partial charge in [-0.15, -0.1) is 0 Å². The second-order valence-electron chi connectivity index (χ2n) is 5.24. The molecule has 3 aliphatic rings. The van der Waals surface area contributed by atoms with Crippen LogP contribution in [0.1, 0.15) is 31.2 Å². The van der Waals surface area contributed by atoms with E-state index < -0.39 is 5.60 Å². The monoisotopic (exact) mass is 287 g/mol. The summed E-state index contributed by atoms with van der Waals surface area (Å²) >= 11 is 5.11. The summed E-state index contributed by atoms with van der Waals surface area (Å²) in [6.07, 6.45) is 3.71. The van der Waals surface area contributed by atoms with Gasteiger partial charge in [-0.2, -0.15) is 0 Å². The van der Waals surface area contributed by atoms with Crippen LogP contribution < -0.4 is 5.32 Å². The van der Waals surface area contributed by atoms with E-state index in [0.717, 1.165) is 48.3 Å². The number of nitrogens with one attached hydrogen (secondary N) is 1. The number of amides is 1. The van der Waals surface area contributed by atoms with Gasteiger partial charge in [0.2, 0.25) is 5.60 Å². The van der Waals surface area contributed by atoms with Crippen LogP contribution in [0, 0.1) is 0 Å². The highest BCUT2D eigenvalue weighted by atomic mass is 32.1. The van der Waals surface area contributed by atoms with Crippen LogP contribution >= 0.6 is 12.2 Å². The van der Waals surface area contributed by atoms with E-state index in [4.69, 9.17) is 21.7 Å². The quantitative estimate of drug-likeness (QED) is 0.745. The summed E-state index contributed by atoms with van der Waals surface area (Å²) in [4.78, 5) is 12.6. The van der Waals surface area contributed by atoms with Gasteiger partial charge in [0, 0.05) is 35.5 Å². The minimum absolute atomic E-state index is 0.0394. The van der Waals surface area contributed by atoms with E-state index in [1.807, 2.05) is 24.3 Å². The zero-order valence-electron chi connectivity index (χ0n) is 10.8. The van der Waals surface area contributed by atoms with Gasteiger partial charge in [-0.3, -0.25) is 4.79 Å². The molecule has 0 saturated carbocycles. The molecular formula is C15H13NO3S. The summed E-state index contributed by atoms with van der Waals surface area (Å²) in [6.45, 7) is 0. The Hall–Kier alpha value is -1.88. The molecule has 1 amide bonds. The van der Waals surface area contributed by atoms with E-state index in [-0.39, 0.29) is 11.1 Å². The molecule has 102 valence electrons. The Kier molecular flexibility index (Phi) is 2.41. The Morgan fingerprint density at radius 1 is 1.20 bits per heavy atom. The molecule has 20 heavy (non-hydrogen) atoms. The van der Waals surface area contributed by atoms with Gasteiger partial charge < -0.3 is 14.8 Å². The van der Waals surface area contributed by atoms with Crippen molar-refractivity contribution in [1.29, 1.82) is 0 Å². The molecule has 1 aromatic carbocycles. The number of ether oxygens (including phenoxy) is 2. The second kappa shape index (κ2) is 4.06. The van der Waals surface area contributed by atoms with Crippen LogP contribution in [0.15, 0.2) is 35.6 Å². The lowest BCUT2D eigenvalue weighted by atomic mass is 9.80. The minimum Gasteiger partial charge on any atom is -0.430 e. The van der Waals surface area contributed by atoms with E-state index in [9.17, 15) is 4.79 Å².